The average molecular weight is 246 g/mol. The Morgan fingerprint density at radius 2 is 2.11 bits per heavy atom. The second-order valence-electron chi connectivity index (χ2n) is 5.10. The molecule has 0 unspecified atom stereocenters. The first kappa shape index (κ1) is 12.6. The average Bonchev–Trinajstić information content (AvgIpc) is 2.36. The molecule has 4 heteroatoms. The maximum Gasteiger partial charge on any atom is 0.427 e. The fourth-order valence-corrected chi connectivity index (χ4v) is 2.26. The van der Waals surface area contributed by atoms with E-state index in [2.05, 4.69) is 35.2 Å². The molecule has 0 saturated heterocycles. The molecule has 0 spiro atoms. The molecule has 1 aliphatic rings. The summed E-state index contributed by atoms with van der Waals surface area (Å²) in [6.45, 7) is 4.28. The number of hydrogen-bond donors (Lipinski definition) is 1. The molecule has 1 aromatic rings. The Balaban J connectivity index is 2.38. The highest BCUT2D eigenvalue weighted by Crippen LogP contribution is 2.35. The van der Waals surface area contributed by atoms with Crippen LogP contribution in [0.2, 0.25) is 0 Å². The number of methoxy groups -OCH3 is 1. The molecule has 0 atom stereocenters. The van der Waals surface area contributed by atoms with Gasteiger partial charge in [0.1, 0.15) is 0 Å². The predicted octanol–water partition coefficient (Wildman–Crippen LogP) is 2.72. The Hall–Kier alpha value is -1.84. The highest BCUT2D eigenvalue weighted by molar-refractivity contribution is 6.06. The molecule has 4 nitrogen and oxygen atoms in total. The third kappa shape index (κ3) is 2.37. The second-order valence-corrected chi connectivity index (χ2v) is 5.10. The summed E-state index contributed by atoms with van der Waals surface area (Å²) in [6, 6.07) is 8.18. The van der Waals surface area contributed by atoms with Gasteiger partial charge in [0.2, 0.25) is 0 Å². The molecule has 0 bridgehead atoms. The van der Waals surface area contributed by atoms with Crippen LogP contribution in [0.25, 0.3) is 0 Å². The Morgan fingerprint density at radius 3 is 2.83 bits per heavy atom. The third-order valence-corrected chi connectivity index (χ3v) is 3.38. The summed E-state index contributed by atoms with van der Waals surface area (Å²) in [5.74, 6) is 0. The van der Waals surface area contributed by atoms with Crippen molar-refractivity contribution < 1.29 is 9.53 Å². The maximum absolute atomic E-state index is 11.1. The first-order valence-corrected chi connectivity index (χ1v) is 6.05. The topological polar surface area (TPSA) is 50.7 Å². The number of carbonyl (C=O) groups excluding carboxylic acids is 1. The summed E-state index contributed by atoms with van der Waals surface area (Å²) in [4.78, 5) is 11.1. The van der Waals surface area contributed by atoms with Crippen molar-refractivity contribution in [1.29, 1.82) is 0 Å². The van der Waals surface area contributed by atoms with Gasteiger partial charge in [-0.3, -0.25) is 0 Å². The molecule has 18 heavy (non-hydrogen) atoms. The first-order chi connectivity index (χ1) is 8.54. The molecule has 1 N–H and O–H groups in total. The lowest BCUT2D eigenvalue weighted by molar-refractivity contribution is 0.171. The standard InChI is InChI=1S/C14H18N2O2/c1-14(2)9-8-10-6-4-5-7-11(10)12(14)15-16-13(17)18-3/h4-7H,8-9H2,1-3H3,(H,16,17)/b15-12-. The number of aryl methyl sites for hydroxylation is 1. The molecule has 0 radical (unpaired) electrons. The van der Waals surface area contributed by atoms with Crippen molar-refractivity contribution >= 4 is 11.8 Å². The van der Waals surface area contributed by atoms with E-state index in [1.54, 1.807) is 0 Å². The zero-order valence-electron chi connectivity index (χ0n) is 11.0. The van der Waals surface area contributed by atoms with Crippen LogP contribution in [0.5, 0.6) is 0 Å². The van der Waals surface area contributed by atoms with Gasteiger partial charge in [0.25, 0.3) is 0 Å². The predicted molar refractivity (Wildman–Crippen MR) is 70.6 cm³/mol. The van der Waals surface area contributed by atoms with Crippen LogP contribution in [0, 0.1) is 5.41 Å². The van der Waals surface area contributed by atoms with Crippen LogP contribution in [0.1, 0.15) is 31.4 Å². The van der Waals surface area contributed by atoms with E-state index in [1.165, 1.54) is 12.7 Å². The van der Waals surface area contributed by atoms with Gasteiger partial charge in [-0.15, -0.1) is 0 Å². The van der Waals surface area contributed by atoms with Gasteiger partial charge >= 0.3 is 6.09 Å². The van der Waals surface area contributed by atoms with E-state index < -0.39 is 6.09 Å². The van der Waals surface area contributed by atoms with Crippen LogP contribution >= 0.6 is 0 Å². The quantitative estimate of drug-likeness (QED) is 0.774. The number of ether oxygens (including phenoxy) is 1. The molecule has 96 valence electrons. The number of hydrogen-bond acceptors (Lipinski definition) is 3. The fourth-order valence-electron chi connectivity index (χ4n) is 2.26. The van der Waals surface area contributed by atoms with Crippen molar-refractivity contribution in [1.82, 2.24) is 5.43 Å². The molecular weight excluding hydrogens is 228 g/mol. The molecule has 1 amide bonds. The van der Waals surface area contributed by atoms with Gasteiger partial charge in [-0.05, 0) is 18.4 Å². The molecule has 0 heterocycles. The monoisotopic (exact) mass is 246 g/mol. The number of rotatable bonds is 1. The van der Waals surface area contributed by atoms with E-state index in [9.17, 15) is 4.79 Å². The van der Waals surface area contributed by atoms with Gasteiger partial charge < -0.3 is 4.74 Å². The lowest BCUT2D eigenvalue weighted by Crippen LogP contribution is -2.33. The van der Waals surface area contributed by atoms with Crippen molar-refractivity contribution in [3.63, 3.8) is 0 Å². The van der Waals surface area contributed by atoms with Gasteiger partial charge in [-0.1, -0.05) is 38.1 Å². The summed E-state index contributed by atoms with van der Waals surface area (Å²) in [6.07, 6.45) is 1.52. The lowest BCUT2D eigenvalue weighted by atomic mass is 9.73. The lowest BCUT2D eigenvalue weighted by Gasteiger charge is -2.32. The number of amides is 1. The van der Waals surface area contributed by atoms with Gasteiger partial charge in [0, 0.05) is 11.0 Å². The van der Waals surface area contributed by atoms with E-state index in [4.69, 9.17) is 0 Å². The van der Waals surface area contributed by atoms with Gasteiger partial charge in [0.15, 0.2) is 0 Å². The van der Waals surface area contributed by atoms with E-state index >= 15 is 0 Å². The van der Waals surface area contributed by atoms with Crippen LogP contribution in [-0.2, 0) is 11.2 Å². The van der Waals surface area contributed by atoms with E-state index in [1.807, 2.05) is 18.2 Å². The smallest absolute Gasteiger partial charge is 0.427 e. The number of hydrazone groups is 1. The van der Waals surface area contributed by atoms with E-state index in [0.29, 0.717) is 0 Å². The molecule has 1 aromatic carbocycles. The largest absolute Gasteiger partial charge is 0.452 e. The molecule has 0 saturated carbocycles. The summed E-state index contributed by atoms with van der Waals surface area (Å²) < 4.78 is 4.54. The molecule has 1 aliphatic carbocycles. The normalized spacial score (nSPS) is 19.2. The minimum absolute atomic E-state index is 0.0463. The Morgan fingerprint density at radius 1 is 1.39 bits per heavy atom. The first-order valence-electron chi connectivity index (χ1n) is 6.05. The van der Waals surface area contributed by atoms with Crippen molar-refractivity contribution in [3.05, 3.63) is 35.4 Å². The number of benzene rings is 1. The van der Waals surface area contributed by atoms with Crippen LogP contribution in [-0.4, -0.2) is 18.9 Å². The molecule has 0 fully saturated rings. The highest BCUT2D eigenvalue weighted by atomic mass is 16.5. The minimum atomic E-state index is -0.540. The molecule has 0 aliphatic heterocycles. The number of nitrogens with zero attached hydrogens (tertiary/aromatic N) is 1. The summed E-state index contributed by atoms with van der Waals surface area (Å²) in [5.41, 5.74) is 5.69. The minimum Gasteiger partial charge on any atom is -0.452 e. The second kappa shape index (κ2) is 4.80. The van der Waals surface area contributed by atoms with Crippen LogP contribution in [0.15, 0.2) is 29.4 Å². The SMILES string of the molecule is COC(=O)N/N=C1/c2ccccc2CCC1(C)C. The van der Waals surface area contributed by atoms with Crippen LogP contribution in [0.4, 0.5) is 4.79 Å². The fraction of sp³-hybridized carbons (Fsp3) is 0.429. The summed E-state index contributed by atoms with van der Waals surface area (Å²) in [5, 5.41) is 4.24. The molecule has 2 rings (SSSR count). The van der Waals surface area contributed by atoms with Crippen LogP contribution < -0.4 is 5.43 Å². The Kier molecular flexibility index (Phi) is 3.36. The maximum atomic E-state index is 11.1. The Labute approximate surface area is 107 Å². The number of fused-ring (bicyclic) bond motifs is 1. The molecular formula is C14H18N2O2. The Bertz CT molecular complexity index is 492. The number of nitrogens with one attached hydrogen (secondary N) is 1. The van der Waals surface area contributed by atoms with Crippen molar-refractivity contribution in [3.8, 4) is 0 Å². The summed E-state index contributed by atoms with van der Waals surface area (Å²) >= 11 is 0. The van der Waals surface area contributed by atoms with Gasteiger partial charge in [-0.25, -0.2) is 10.2 Å². The zero-order valence-corrected chi connectivity index (χ0v) is 11.0. The highest BCUT2D eigenvalue weighted by Gasteiger charge is 2.32. The molecule has 0 aromatic heterocycles. The van der Waals surface area contributed by atoms with Gasteiger partial charge in [-0.2, -0.15) is 5.10 Å². The van der Waals surface area contributed by atoms with Gasteiger partial charge in [0.05, 0.1) is 12.8 Å². The van der Waals surface area contributed by atoms with Crippen molar-refractivity contribution in [2.45, 2.75) is 26.7 Å². The number of carbonyl (C=O) groups is 1. The van der Waals surface area contributed by atoms with Crippen molar-refractivity contribution in [2.75, 3.05) is 7.11 Å². The zero-order chi connectivity index (χ0) is 13.2. The van der Waals surface area contributed by atoms with Crippen LogP contribution in [0.3, 0.4) is 0 Å². The van der Waals surface area contributed by atoms with E-state index in [-0.39, 0.29) is 5.41 Å². The third-order valence-electron chi connectivity index (χ3n) is 3.38. The summed E-state index contributed by atoms with van der Waals surface area (Å²) in [7, 11) is 1.33. The van der Waals surface area contributed by atoms with Crippen molar-refractivity contribution in [2.24, 2.45) is 10.5 Å². The van der Waals surface area contributed by atoms with E-state index in [0.717, 1.165) is 24.1 Å².